The monoisotopic (exact) mass is 301 g/mol. The van der Waals surface area contributed by atoms with Crippen molar-refractivity contribution < 1.29 is 35.5 Å². The number of hydrogen-bond donors (Lipinski definition) is 1. The molecule has 0 aliphatic heterocycles. The zero-order valence-corrected chi connectivity index (χ0v) is 9.76. The van der Waals surface area contributed by atoms with Crippen LogP contribution in [0.2, 0.25) is 0 Å². The fourth-order valence-corrected chi connectivity index (χ4v) is 1.21. The number of anilines is 1. The highest BCUT2D eigenvalue weighted by molar-refractivity contribution is 6.03. The van der Waals surface area contributed by atoms with Gasteiger partial charge in [-0.25, -0.2) is 17.6 Å². The predicted octanol–water partition coefficient (Wildman–Crippen LogP) is 3.78. The average molecular weight is 301 g/mol. The summed E-state index contributed by atoms with van der Waals surface area (Å²) in [6.45, 7) is 4.20. The van der Waals surface area contributed by atoms with Crippen LogP contribution in [0.5, 0.6) is 0 Å². The van der Waals surface area contributed by atoms with Crippen LogP contribution in [-0.4, -0.2) is 5.91 Å². The summed E-state index contributed by atoms with van der Waals surface area (Å²) >= 11 is 0. The van der Waals surface area contributed by atoms with Gasteiger partial charge in [-0.1, -0.05) is 6.58 Å². The van der Waals surface area contributed by atoms with Crippen molar-refractivity contribution in [1.29, 1.82) is 0 Å². The molecular weight excluding hydrogens is 295 g/mol. The second-order valence-electron chi connectivity index (χ2n) is 3.74. The molecule has 0 spiro atoms. The maximum atomic E-state index is 13.3. The molecule has 1 rings (SSSR count). The Balaban J connectivity index is 3.53. The number of carbonyl (C=O) groups is 1. The molecule has 110 valence electrons. The van der Waals surface area contributed by atoms with Crippen molar-refractivity contribution in [2.24, 2.45) is 0 Å². The first-order chi connectivity index (χ1) is 8.98. The van der Waals surface area contributed by atoms with Gasteiger partial charge in [0.05, 0.1) is 0 Å². The Kier molecular flexibility index (Phi) is 4.11. The van der Waals surface area contributed by atoms with E-state index in [9.17, 15) is 35.5 Å². The summed E-state index contributed by atoms with van der Waals surface area (Å²) in [7, 11) is 0. The van der Waals surface area contributed by atoms with Crippen LogP contribution in [0, 0.1) is 23.3 Å². The number of alkyl halides is 3. The van der Waals surface area contributed by atoms with Crippen molar-refractivity contribution in [3.8, 4) is 0 Å². The summed E-state index contributed by atoms with van der Waals surface area (Å²) in [5.74, 6) is -11.2. The van der Waals surface area contributed by atoms with Gasteiger partial charge < -0.3 is 5.32 Å². The summed E-state index contributed by atoms with van der Waals surface area (Å²) < 4.78 is 89.8. The number of halogens is 7. The SMILES string of the molecule is C=C(C)C(=O)Nc1c(F)c(F)c(C(F)(F)F)c(F)c1F. The van der Waals surface area contributed by atoms with Gasteiger partial charge in [-0.2, -0.15) is 13.2 Å². The molecule has 0 aliphatic carbocycles. The van der Waals surface area contributed by atoms with E-state index in [2.05, 4.69) is 6.58 Å². The number of amides is 1. The molecule has 2 nitrogen and oxygen atoms in total. The highest BCUT2D eigenvalue weighted by Gasteiger charge is 2.42. The number of rotatable bonds is 2. The van der Waals surface area contributed by atoms with Gasteiger partial charge in [0.15, 0.2) is 23.3 Å². The van der Waals surface area contributed by atoms with E-state index in [-0.39, 0.29) is 5.57 Å². The Morgan fingerprint density at radius 1 is 1.00 bits per heavy atom. The molecule has 20 heavy (non-hydrogen) atoms. The standard InChI is InChI=1S/C11H6F7NO/c1-3(2)10(20)19-9-7(14)5(12)4(11(16,17)18)6(13)8(9)15/h1H2,2H3,(H,19,20). The third-order valence-electron chi connectivity index (χ3n) is 2.17. The predicted molar refractivity (Wildman–Crippen MR) is 54.7 cm³/mol. The summed E-state index contributed by atoms with van der Waals surface area (Å²) in [6.07, 6.45) is -5.63. The third-order valence-corrected chi connectivity index (χ3v) is 2.17. The Labute approximate surface area is 107 Å². The molecule has 0 heterocycles. The van der Waals surface area contributed by atoms with E-state index in [1.165, 1.54) is 5.32 Å². The van der Waals surface area contributed by atoms with Crippen LogP contribution in [0.25, 0.3) is 0 Å². The van der Waals surface area contributed by atoms with Crippen LogP contribution >= 0.6 is 0 Å². The molecule has 0 bridgehead atoms. The molecule has 0 aliphatic rings. The summed E-state index contributed by atoms with van der Waals surface area (Å²) in [4.78, 5) is 11.1. The molecule has 9 heteroatoms. The number of hydrogen-bond acceptors (Lipinski definition) is 1. The van der Waals surface area contributed by atoms with Crippen LogP contribution in [0.15, 0.2) is 12.2 Å². The third kappa shape index (κ3) is 2.75. The van der Waals surface area contributed by atoms with Gasteiger partial charge in [0.2, 0.25) is 0 Å². The average Bonchev–Trinajstić information content (AvgIpc) is 2.30. The fourth-order valence-electron chi connectivity index (χ4n) is 1.21. The van der Waals surface area contributed by atoms with Crippen LogP contribution < -0.4 is 5.32 Å². The van der Waals surface area contributed by atoms with Crippen LogP contribution in [0.4, 0.5) is 36.4 Å². The summed E-state index contributed by atoms with van der Waals surface area (Å²) in [6, 6.07) is 0. The molecule has 0 unspecified atom stereocenters. The Morgan fingerprint density at radius 3 is 1.70 bits per heavy atom. The molecule has 0 saturated carbocycles. The zero-order chi connectivity index (χ0) is 15.8. The molecule has 1 aromatic carbocycles. The minimum absolute atomic E-state index is 0.274. The second kappa shape index (κ2) is 5.14. The van der Waals surface area contributed by atoms with Crippen LogP contribution in [0.1, 0.15) is 12.5 Å². The minimum Gasteiger partial charge on any atom is -0.317 e. The van der Waals surface area contributed by atoms with E-state index in [1.54, 1.807) is 0 Å². The lowest BCUT2D eigenvalue weighted by molar-refractivity contribution is -0.143. The fraction of sp³-hybridized carbons (Fsp3) is 0.182. The maximum Gasteiger partial charge on any atom is 0.422 e. The quantitative estimate of drug-likeness (QED) is 0.503. The normalized spacial score (nSPS) is 11.4. The molecule has 1 amide bonds. The molecule has 0 atom stereocenters. The molecular formula is C11H6F7NO. The Bertz CT molecular complexity index is 562. The molecule has 0 saturated heterocycles. The Morgan fingerprint density at radius 2 is 1.40 bits per heavy atom. The van der Waals surface area contributed by atoms with Crippen LogP contribution in [0.3, 0.4) is 0 Å². The van der Waals surface area contributed by atoms with E-state index in [4.69, 9.17) is 0 Å². The molecule has 0 fully saturated rings. The second-order valence-corrected chi connectivity index (χ2v) is 3.74. The number of nitrogens with one attached hydrogen (secondary N) is 1. The van der Waals surface area contributed by atoms with Gasteiger partial charge >= 0.3 is 6.18 Å². The highest BCUT2D eigenvalue weighted by atomic mass is 19.4. The number of benzene rings is 1. The van der Waals surface area contributed by atoms with Crippen molar-refractivity contribution in [3.63, 3.8) is 0 Å². The Hall–Kier alpha value is -2.06. The van der Waals surface area contributed by atoms with Gasteiger partial charge in [0.25, 0.3) is 5.91 Å². The van der Waals surface area contributed by atoms with E-state index in [0.29, 0.717) is 0 Å². The van der Waals surface area contributed by atoms with Gasteiger partial charge in [0.1, 0.15) is 11.3 Å². The first-order valence-corrected chi connectivity index (χ1v) is 4.88. The summed E-state index contributed by atoms with van der Waals surface area (Å²) in [5, 5.41) is 1.40. The van der Waals surface area contributed by atoms with E-state index < -0.39 is 46.6 Å². The van der Waals surface area contributed by atoms with Crippen LogP contribution in [-0.2, 0) is 11.0 Å². The largest absolute Gasteiger partial charge is 0.422 e. The highest BCUT2D eigenvalue weighted by Crippen LogP contribution is 2.38. The van der Waals surface area contributed by atoms with Crippen molar-refractivity contribution >= 4 is 11.6 Å². The summed E-state index contributed by atoms with van der Waals surface area (Å²) in [5.41, 5.74) is -4.63. The lowest BCUT2D eigenvalue weighted by atomic mass is 10.1. The smallest absolute Gasteiger partial charge is 0.317 e. The van der Waals surface area contributed by atoms with Crippen molar-refractivity contribution in [3.05, 3.63) is 41.0 Å². The van der Waals surface area contributed by atoms with Crippen molar-refractivity contribution in [1.82, 2.24) is 0 Å². The lowest BCUT2D eigenvalue weighted by Gasteiger charge is -2.14. The minimum atomic E-state index is -5.63. The zero-order valence-electron chi connectivity index (χ0n) is 9.76. The first kappa shape index (κ1) is 16.0. The van der Waals surface area contributed by atoms with E-state index in [0.717, 1.165) is 6.92 Å². The topological polar surface area (TPSA) is 29.1 Å². The molecule has 1 N–H and O–H groups in total. The van der Waals surface area contributed by atoms with Gasteiger partial charge in [-0.15, -0.1) is 0 Å². The van der Waals surface area contributed by atoms with Gasteiger partial charge in [-0.05, 0) is 6.92 Å². The van der Waals surface area contributed by atoms with Crippen molar-refractivity contribution in [2.45, 2.75) is 13.1 Å². The molecule has 0 aromatic heterocycles. The first-order valence-electron chi connectivity index (χ1n) is 4.88. The van der Waals surface area contributed by atoms with E-state index >= 15 is 0 Å². The van der Waals surface area contributed by atoms with Gasteiger partial charge in [0, 0.05) is 5.57 Å². The number of carbonyl (C=O) groups excluding carboxylic acids is 1. The van der Waals surface area contributed by atoms with Gasteiger partial charge in [-0.3, -0.25) is 4.79 Å². The lowest BCUT2D eigenvalue weighted by Crippen LogP contribution is -2.20. The molecule has 1 aromatic rings. The molecule has 0 radical (unpaired) electrons. The van der Waals surface area contributed by atoms with Crippen molar-refractivity contribution in [2.75, 3.05) is 5.32 Å². The van der Waals surface area contributed by atoms with E-state index in [1.807, 2.05) is 0 Å². The maximum absolute atomic E-state index is 13.3.